The van der Waals surface area contributed by atoms with Crippen LogP contribution in [0.1, 0.15) is 67.4 Å². The predicted molar refractivity (Wildman–Crippen MR) is 201 cm³/mol. The summed E-state index contributed by atoms with van der Waals surface area (Å²) in [6.45, 7) is 6.34. The summed E-state index contributed by atoms with van der Waals surface area (Å²) in [6, 6.07) is 11.0. The molecule has 1 N–H and O–H groups in total. The van der Waals surface area contributed by atoms with Crippen molar-refractivity contribution in [1.82, 2.24) is 14.5 Å². The summed E-state index contributed by atoms with van der Waals surface area (Å²) >= 11 is 6.37. The number of sulfonamides is 1. The van der Waals surface area contributed by atoms with Gasteiger partial charge < -0.3 is 14.4 Å². The SMILES string of the molecule is CO[C@@]1(CN2CCN(CC(F)(F)F)CC2)/C=C\C[C@H](C)[C@@H](C)S(=O)(=O)NC(=O)c2ccc3c(c2)N(CCCCc2cc(Cl)ccc2CO3)C[C@@H]2CC[C@H]21. The molecule has 6 rings (SSSR count). The fourth-order valence-corrected chi connectivity index (χ4v) is 9.82. The normalized spacial score (nSPS) is 29.7. The molecule has 5 atom stereocenters. The highest BCUT2D eigenvalue weighted by atomic mass is 35.5. The van der Waals surface area contributed by atoms with E-state index in [-0.39, 0.29) is 23.3 Å². The number of methoxy groups -OCH3 is 1. The first-order chi connectivity index (χ1) is 25.2. The third-order valence-corrected chi connectivity index (χ3v) is 14.0. The Morgan fingerprint density at radius 1 is 1.00 bits per heavy atom. The summed E-state index contributed by atoms with van der Waals surface area (Å²) in [5.41, 5.74) is 2.40. The molecular formula is C39H52ClF3N4O5S. The zero-order chi connectivity index (χ0) is 38.0. The molecule has 292 valence electrons. The number of fused-ring (bicyclic) bond motifs is 3. The van der Waals surface area contributed by atoms with Crippen molar-refractivity contribution in [2.45, 2.75) is 76.0 Å². The third kappa shape index (κ3) is 9.52. The maximum Gasteiger partial charge on any atom is 0.401 e. The van der Waals surface area contributed by atoms with Crippen molar-refractivity contribution in [1.29, 1.82) is 0 Å². The number of nitrogens with zero attached hydrogens (tertiary/aromatic N) is 3. The van der Waals surface area contributed by atoms with Crippen LogP contribution in [-0.2, 0) is 27.8 Å². The number of piperazine rings is 1. The molecule has 1 amide bonds. The van der Waals surface area contributed by atoms with Crippen molar-refractivity contribution >= 4 is 33.2 Å². The maximum atomic E-state index is 13.6. The van der Waals surface area contributed by atoms with E-state index in [1.165, 1.54) is 4.90 Å². The second kappa shape index (κ2) is 16.5. The lowest BCUT2D eigenvalue weighted by molar-refractivity contribution is -0.151. The number of amides is 1. The Morgan fingerprint density at radius 3 is 2.45 bits per heavy atom. The molecule has 0 radical (unpaired) electrons. The zero-order valence-corrected chi connectivity index (χ0v) is 32.4. The third-order valence-electron chi connectivity index (χ3n) is 11.9. The van der Waals surface area contributed by atoms with Gasteiger partial charge in [-0.3, -0.25) is 14.6 Å². The van der Waals surface area contributed by atoms with Crippen molar-refractivity contribution in [3.63, 3.8) is 0 Å². The first kappa shape index (κ1) is 39.8. The van der Waals surface area contributed by atoms with Gasteiger partial charge in [0.2, 0.25) is 10.0 Å². The minimum atomic E-state index is -4.24. The molecule has 0 spiro atoms. The van der Waals surface area contributed by atoms with E-state index in [0.29, 0.717) is 69.6 Å². The highest BCUT2D eigenvalue weighted by molar-refractivity contribution is 7.90. The fourth-order valence-electron chi connectivity index (χ4n) is 8.34. The fraction of sp³-hybridized carbons (Fsp3) is 0.615. The van der Waals surface area contributed by atoms with Crippen LogP contribution in [0.15, 0.2) is 48.6 Å². The van der Waals surface area contributed by atoms with Crippen LogP contribution in [0.3, 0.4) is 0 Å². The standard InChI is InChI=1S/C39H52ClF3N4O5S/c1-27-7-6-15-38(51-3,25-45-17-19-46(20-18-45)26-39(41,42)43)34-13-10-31(34)23-47-16-5-4-8-29-21-33(40)12-9-32(29)24-52-36-14-11-30(22-35(36)47)37(48)44-53(49,50)28(27)2/h6,9,11-12,14-15,21-22,27-28,31,34H,4-5,7-8,10,13,16-20,23-26H2,1-3H3,(H,44,48)/b15-6-/t27-,28+,31-,34+,38+/m0/s1. The second-order valence-electron chi connectivity index (χ2n) is 15.4. The molecule has 3 heterocycles. The van der Waals surface area contributed by atoms with Gasteiger partial charge in [0.25, 0.3) is 5.91 Å². The molecular weight excluding hydrogens is 729 g/mol. The summed E-state index contributed by atoms with van der Waals surface area (Å²) in [6.07, 6.45) is 4.76. The molecule has 2 fully saturated rings. The maximum absolute atomic E-state index is 13.6. The number of carbonyl (C=O) groups is 1. The van der Waals surface area contributed by atoms with Gasteiger partial charge in [-0.15, -0.1) is 0 Å². The van der Waals surface area contributed by atoms with Crippen LogP contribution in [0.4, 0.5) is 18.9 Å². The van der Waals surface area contributed by atoms with Crippen LogP contribution in [0.5, 0.6) is 5.75 Å². The van der Waals surface area contributed by atoms with Crippen molar-refractivity contribution in [2.75, 3.05) is 64.4 Å². The molecule has 4 aliphatic rings. The number of benzene rings is 2. The smallest absolute Gasteiger partial charge is 0.401 e. The molecule has 9 nitrogen and oxygen atoms in total. The van der Waals surface area contributed by atoms with Crippen LogP contribution >= 0.6 is 11.6 Å². The predicted octanol–water partition coefficient (Wildman–Crippen LogP) is 6.70. The van der Waals surface area contributed by atoms with Crippen LogP contribution in [0.25, 0.3) is 0 Å². The Hall–Kier alpha value is -2.84. The summed E-state index contributed by atoms with van der Waals surface area (Å²) < 4.78 is 81.8. The van der Waals surface area contributed by atoms with E-state index in [9.17, 15) is 26.4 Å². The Balaban J connectivity index is 1.35. The molecule has 2 aromatic carbocycles. The lowest BCUT2D eigenvalue weighted by Gasteiger charge is -2.52. The number of halogens is 4. The largest absolute Gasteiger partial charge is 0.487 e. The van der Waals surface area contributed by atoms with E-state index in [1.807, 2.05) is 31.2 Å². The molecule has 0 aromatic heterocycles. The second-order valence-corrected chi connectivity index (χ2v) is 17.8. The minimum absolute atomic E-state index is 0.0988. The number of carbonyl (C=O) groups excluding carboxylic acids is 1. The van der Waals surface area contributed by atoms with Gasteiger partial charge in [0, 0.05) is 63.5 Å². The summed E-state index contributed by atoms with van der Waals surface area (Å²) in [7, 11) is -2.33. The van der Waals surface area contributed by atoms with E-state index >= 15 is 0 Å². The Labute approximate surface area is 316 Å². The minimum Gasteiger partial charge on any atom is -0.487 e. The topological polar surface area (TPSA) is 91.4 Å². The molecule has 53 heavy (non-hydrogen) atoms. The molecule has 0 unspecified atom stereocenters. The molecule has 2 aromatic rings. The first-order valence-electron chi connectivity index (χ1n) is 18.8. The molecule has 2 bridgehead atoms. The van der Waals surface area contributed by atoms with Gasteiger partial charge in [-0.25, -0.2) is 13.1 Å². The average molecular weight is 781 g/mol. The highest BCUT2D eigenvalue weighted by Gasteiger charge is 2.48. The van der Waals surface area contributed by atoms with Crippen LogP contribution < -0.4 is 14.4 Å². The van der Waals surface area contributed by atoms with E-state index in [4.69, 9.17) is 21.1 Å². The number of allylic oxidation sites excluding steroid dienone is 1. The highest BCUT2D eigenvalue weighted by Crippen LogP contribution is 2.47. The number of alkyl halides is 3. The number of hydrogen-bond donors (Lipinski definition) is 1. The van der Waals surface area contributed by atoms with Gasteiger partial charge in [0.05, 0.1) is 17.5 Å². The van der Waals surface area contributed by atoms with E-state index < -0.39 is 39.5 Å². The van der Waals surface area contributed by atoms with Crippen molar-refractivity contribution in [3.05, 3.63) is 70.3 Å². The number of ether oxygens (including phenoxy) is 2. The zero-order valence-electron chi connectivity index (χ0n) is 30.8. The molecule has 1 saturated heterocycles. The number of rotatable bonds is 4. The van der Waals surface area contributed by atoms with Crippen LogP contribution in [-0.4, -0.2) is 101 Å². The summed E-state index contributed by atoms with van der Waals surface area (Å²) in [5.74, 6) is -0.0973. The van der Waals surface area contributed by atoms with Crippen molar-refractivity contribution < 1.29 is 35.9 Å². The lowest BCUT2D eigenvalue weighted by atomic mass is 9.63. The number of hydrogen-bond acceptors (Lipinski definition) is 8. The average Bonchev–Trinajstić information content (AvgIpc) is 3.12. The summed E-state index contributed by atoms with van der Waals surface area (Å²) in [4.78, 5) is 19.5. The van der Waals surface area contributed by atoms with Crippen molar-refractivity contribution in [2.24, 2.45) is 17.8 Å². The van der Waals surface area contributed by atoms with Gasteiger partial charge in [0.15, 0.2) is 0 Å². The van der Waals surface area contributed by atoms with Crippen LogP contribution in [0, 0.1) is 17.8 Å². The van der Waals surface area contributed by atoms with Gasteiger partial charge in [0.1, 0.15) is 18.0 Å². The Bertz CT molecular complexity index is 1750. The molecule has 3 aliphatic heterocycles. The summed E-state index contributed by atoms with van der Waals surface area (Å²) in [5, 5.41) is -0.193. The monoisotopic (exact) mass is 780 g/mol. The van der Waals surface area contributed by atoms with E-state index in [0.717, 1.165) is 48.9 Å². The first-order valence-corrected chi connectivity index (χ1v) is 20.7. The molecule has 1 saturated carbocycles. The van der Waals surface area contributed by atoms with Crippen LogP contribution in [0.2, 0.25) is 5.02 Å². The van der Waals surface area contributed by atoms with Crippen molar-refractivity contribution in [3.8, 4) is 5.75 Å². The molecule has 14 heteroatoms. The van der Waals surface area contributed by atoms with Gasteiger partial charge in [-0.2, -0.15) is 13.2 Å². The van der Waals surface area contributed by atoms with E-state index in [2.05, 4.69) is 20.6 Å². The lowest BCUT2D eigenvalue weighted by Crippen LogP contribution is -2.59. The Kier molecular flexibility index (Phi) is 12.4. The van der Waals surface area contributed by atoms with E-state index in [1.54, 1.807) is 32.2 Å². The quantitative estimate of drug-likeness (QED) is 0.344. The number of nitrogens with one attached hydrogen (secondary N) is 1. The molecule has 1 aliphatic carbocycles. The number of anilines is 1. The Morgan fingerprint density at radius 2 is 1.75 bits per heavy atom. The van der Waals surface area contributed by atoms with Gasteiger partial charge in [-0.1, -0.05) is 36.7 Å². The van der Waals surface area contributed by atoms with Gasteiger partial charge >= 0.3 is 6.18 Å². The van der Waals surface area contributed by atoms with Gasteiger partial charge in [-0.05, 0) is 105 Å². The number of aryl methyl sites for hydroxylation is 1.